The molecule has 2 amide bonds. The van der Waals surface area contributed by atoms with E-state index in [1.54, 1.807) is 6.92 Å². The van der Waals surface area contributed by atoms with Crippen molar-refractivity contribution in [1.29, 1.82) is 0 Å². The highest BCUT2D eigenvalue weighted by Crippen LogP contribution is 2.33. The number of para-hydroxylation sites is 2. The Labute approximate surface area is 148 Å². The van der Waals surface area contributed by atoms with E-state index in [0.717, 1.165) is 25.6 Å². The van der Waals surface area contributed by atoms with E-state index in [1.165, 1.54) is 17.7 Å². The summed E-state index contributed by atoms with van der Waals surface area (Å²) in [4.78, 5) is 28.9. The Bertz CT molecular complexity index is 674. The smallest absolute Gasteiger partial charge is 0.268 e. The standard InChI is InChI=1S/C19H25N3O3/c1-13-19(24)22(16-4-2-3-5-17(16)25-13)12-18(23)20-10-14-8-9-21(11-14)15-6-7-15/h2-5,13-15H,6-12H2,1H3,(H,20,23). The number of carbonyl (C=O) groups excluding carboxylic acids is 2. The molecule has 0 aromatic heterocycles. The summed E-state index contributed by atoms with van der Waals surface area (Å²) in [6, 6.07) is 8.15. The van der Waals surface area contributed by atoms with Crippen LogP contribution in [0.1, 0.15) is 26.2 Å². The van der Waals surface area contributed by atoms with Crippen molar-refractivity contribution >= 4 is 17.5 Å². The molecule has 4 rings (SSSR count). The van der Waals surface area contributed by atoms with Gasteiger partial charge in [-0.3, -0.25) is 14.5 Å². The third kappa shape index (κ3) is 3.49. The van der Waals surface area contributed by atoms with E-state index in [4.69, 9.17) is 4.74 Å². The molecule has 0 bridgehead atoms. The zero-order chi connectivity index (χ0) is 17.4. The zero-order valence-corrected chi connectivity index (χ0v) is 14.6. The first-order chi connectivity index (χ1) is 12.1. The minimum absolute atomic E-state index is 0.0443. The summed E-state index contributed by atoms with van der Waals surface area (Å²) in [7, 11) is 0. The number of nitrogens with zero attached hydrogens (tertiary/aromatic N) is 2. The van der Waals surface area contributed by atoms with E-state index >= 15 is 0 Å². The third-order valence-corrected chi connectivity index (χ3v) is 5.34. The lowest BCUT2D eigenvalue weighted by Crippen LogP contribution is -2.49. The summed E-state index contributed by atoms with van der Waals surface area (Å²) in [6.45, 7) is 4.69. The lowest BCUT2D eigenvalue weighted by Gasteiger charge is -2.32. The van der Waals surface area contributed by atoms with Gasteiger partial charge in [-0.05, 0) is 50.8 Å². The van der Waals surface area contributed by atoms with Gasteiger partial charge in [0.25, 0.3) is 5.91 Å². The number of rotatable bonds is 5. The summed E-state index contributed by atoms with van der Waals surface area (Å²) in [5.41, 5.74) is 0.668. The Morgan fingerprint density at radius 2 is 2.08 bits per heavy atom. The van der Waals surface area contributed by atoms with Crippen molar-refractivity contribution in [2.75, 3.05) is 31.1 Å². The van der Waals surface area contributed by atoms with Gasteiger partial charge >= 0.3 is 0 Å². The van der Waals surface area contributed by atoms with E-state index in [2.05, 4.69) is 10.2 Å². The molecule has 1 saturated carbocycles. The van der Waals surface area contributed by atoms with Crippen molar-refractivity contribution in [3.05, 3.63) is 24.3 Å². The topological polar surface area (TPSA) is 61.9 Å². The molecule has 2 unspecified atom stereocenters. The summed E-state index contributed by atoms with van der Waals surface area (Å²) in [5, 5.41) is 3.02. The maximum absolute atomic E-state index is 12.4. The van der Waals surface area contributed by atoms with Crippen molar-refractivity contribution in [3.63, 3.8) is 0 Å². The second-order valence-electron chi connectivity index (χ2n) is 7.34. The molecule has 0 spiro atoms. The number of hydrogen-bond donors (Lipinski definition) is 1. The molecule has 1 aromatic carbocycles. The quantitative estimate of drug-likeness (QED) is 0.878. The van der Waals surface area contributed by atoms with E-state index < -0.39 is 6.10 Å². The van der Waals surface area contributed by atoms with Crippen LogP contribution < -0.4 is 15.0 Å². The van der Waals surface area contributed by atoms with Crippen LogP contribution in [-0.4, -0.2) is 55.0 Å². The van der Waals surface area contributed by atoms with Gasteiger partial charge in [-0.1, -0.05) is 12.1 Å². The van der Waals surface area contributed by atoms with Crippen LogP contribution in [0.2, 0.25) is 0 Å². The second-order valence-corrected chi connectivity index (χ2v) is 7.34. The number of likely N-dealkylation sites (tertiary alicyclic amines) is 1. The molecule has 25 heavy (non-hydrogen) atoms. The van der Waals surface area contributed by atoms with Crippen LogP contribution in [0.25, 0.3) is 0 Å². The van der Waals surface area contributed by atoms with Crippen LogP contribution in [0.15, 0.2) is 24.3 Å². The Morgan fingerprint density at radius 3 is 2.88 bits per heavy atom. The second kappa shape index (κ2) is 6.67. The number of carbonyl (C=O) groups is 2. The Morgan fingerprint density at radius 1 is 1.28 bits per heavy atom. The predicted molar refractivity (Wildman–Crippen MR) is 94.6 cm³/mol. The zero-order valence-electron chi connectivity index (χ0n) is 14.6. The van der Waals surface area contributed by atoms with Gasteiger partial charge < -0.3 is 15.0 Å². The molecule has 1 saturated heterocycles. The normalized spacial score (nSPS) is 26.3. The molecular weight excluding hydrogens is 318 g/mol. The van der Waals surface area contributed by atoms with E-state index in [-0.39, 0.29) is 18.4 Å². The van der Waals surface area contributed by atoms with Gasteiger partial charge in [0.1, 0.15) is 12.3 Å². The van der Waals surface area contributed by atoms with Crippen LogP contribution in [0.3, 0.4) is 0 Å². The van der Waals surface area contributed by atoms with Gasteiger partial charge in [0.2, 0.25) is 5.91 Å². The van der Waals surface area contributed by atoms with Crippen LogP contribution in [-0.2, 0) is 9.59 Å². The Hall–Kier alpha value is -2.08. The minimum Gasteiger partial charge on any atom is -0.479 e. The Balaban J connectivity index is 1.33. The van der Waals surface area contributed by atoms with Crippen LogP contribution in [0.5, 0.6) is 5.75 Å². The highest BCUT2D eigenvalue weighted by Gasteiger charge is 2.35. The van der Waals surface area contributed by atoms with Crippen LogP contribution in [0, 0.1) is 5.92 Å². The minimum atomic E-state index is -0.565. The van der Waals surface area contributed by atoms with Gasteiger partial charge in [-0.2, -0.15) is 0 Å². The SMILES string of the molecule is CC1Oc2ccccc2N(CC(=O)NCC2CCN(C3CC3)C2)C1=O. The van der Waals surface area contributed by atoms with Gasteiger partial charge in [0.15, 0.2) is 6.10 Å². The van der Waals surface area contributed by atoms with E-state index in [1.807, 2.05) is 24.3 Å². The monoisotopic (exact) mass is 343 g/mol. The molecule has 2 atom stereocenters. The lowest BCUT2D eigenvalue weighted by molar-refractivity contribution is -0.128. The fourth-order valence-electron chi connectivity index (χ4n) is 3.78. The number of anilines is 1. The van der Waals surface area contributed by atoms with Crippen molar-refractivity contribution in [2.24, 2.45) is 5.92 Å². The van der Waals surface area contributed by atoms with Crippen molar-refractivity contribution < 1.29 is 14.3 Å². The van der Waals surface area contributed by atoms with E-state index in [0.29, 0.717) is 23.9 Å². The maximum Gasteiger partial charge on any atom is 0.268 e. The van der Waals surface area contributed by atoms with Gasteiger partial charge in [-0.15, -0.1) is 0 Å². The molecule has 1 aromatic rings. The van der Waals surface area contributed by atoms with Crippen molar-refractivity contribution in [1.82, 2.24) is 10.2 Å². The highest BCUT2D eigenvalue weighted by atomic mass is 16.5. The van der Waals surface area contributed by atoms with Crippen LogP contribution >= 0.6 is 0 Å². The number of amides is 2. The fraction of sp³-hybridized carbons (Fsp3) is 0.579. The maximum atomic E-state index is 12.4. The third-order valence-electron chi connectivity index (χ3n) is 5.34. The molecule has 6 heteroatoms. The first kappa shape index (κ1) is 16.4. The summed E-state index contributed by atoms with van der Waals surface area (Å²) in [5.74, 6) is 0.895. The average molecular weight is 343 g/mol. The van der Waals surface area contributed by atoms with Crippen molar-refractivity contribution in [2.45, 2.75) is 38.3 Å². The number of hydrogen-bond acceptors (Lipinski definition) is 4. The predicted octanol–water partition coefficient (Wildman–Crippen LogP) is 1.40. The summed E-state index contributed by atoms with van der Waals surface area (Å²) >= 11 is 0. The van der Waals surface area contributed by atoms with E-state index in [9.17, 15) is 9.59 Å². The molecular formula is C19H25N3O3. The fourth-order valence-corrected chi connectivity index (χ4v) is 3.78. The lowest BCUT2D eigenvalue weighted by atomic mass is 10.1. The van der Waals surface area contributed by atoms with Gasteiger partial charge in [0.05, 0.1) is 5.69 Å². The largest absolute Gasteiger partial charge is 0.479 e. The van der Waals surface area contributed by atoms with Crippen LogP contribution in [0.4, 0.5) is 5.69 Å². The molecule has 2 fully saturated rings. The summed E-state index contributed by atoms with van der Waals surface area (Å²) in [6.07, 6.45) is 3.24. The average Bonchev–Trinajstić information content (AvgIpc) is 3.35. The summed E-state index contributed by atoms with van der Waals surface area (Å²) < 4.78 is 5.61. The molecule has 6 nitrogen and oxygen atoms in total. The number of fused-ring (bicyclic) bond motifs is 1. The first-order valence-electron chi connectivity index (χ1n) is 9.19. The first-order valence-corrected chi connectivity index (χ1v) is 9.19. The van der Waals surface area contributed by atoms with Gasteiger partial charge in [-0.25, -0.2) is 0 Å². The molecule has 134 valence electrons. The molecule has 3 aliphatic rings. The number of ether oxygens (including phenoxy) is 1. The number of nitrogens with one attached hydrogen (secondary N) is 1. The molecule has 1 N–H and O–H groups in total. The Kier molecular flexibility index (Phi) is 4.37. The highest BCUT2D eigenvalue weighted by molar-refractivity contribution is 6.03. The molecule has 2 heterocycles. The molecule has 1 aliphatic carbocycles. The van der Waals surface area contributed by atoms with Crippen molar-refractivity contribution in [3.8, 4) is 5.75 Å². The van der Waals surface area contributed by atoms with Gasteiger partial charge in [0, 0.05) is 19.1 Å². The molecule has 0 radical (unpaired) electrons. The molecule has 2 aliphatic heterocycles. The number of benzene rings is 1.